The summed E-state index contributed by atoms with van der Waals surface area (Å²) in [5, 5.41) is 25.1. The minimum absolute atomic E-state index is 0.883. The maximum absolute atomic E-state index is 10.1. The first-order chi connectivity index (χ1) is 4.39. The van der Waals surface area contributed by atoms with E-state index in [1.54, 1.807) is 0 Å². The van der Waals surface area contributed by atoms with Crippen molar-refractivity contribution in [3.05, 3.63) is 0 Å². The van der Waals surface area contributed by atoms with E-state index in [9.17, 15) is 4.57 Å². The molecular formula is C3H9O6P. The number of aliphatic hydroxyl groups excluding tert-OH is 3. The Morgan fingerprint density at radius 2 is 1.70 bits per heavy atom. The van der Waals surface area contributed by atoms with Gasteiger partial charge in [0.05, 0.1) is 6.61 Å². The molecule has 0 aromatic rings. The Bertz CT molecular complexity index is 140. The lowest BCUT2D eigenvalue weighted by molar-refractivity contribution is 0.0132. The minimum Gasteiger partial charge on any atom is -0.394 e. The molecule has 10 heavy (non-hydrogen) atoms. The zero-order valence-corrected chi connectivity index (χ0v) is 5.85. The van der Waals surface area contributed by atoms with Gasteiger partial charge in [-0.15, -0.1) is 0 Å². The highest BCUT2D eigenvalue weighted by atomic mass is 31.2. The second kappa shape index (κ2) is 3.43. The fourth-order valence-electron chi connectivity index (χ4n) is 0.318. The molecule has 6 nitrogen and oxygen atoms in total. The summed E-state index contributed by atoms with van der Waals surface area (Å²) >= 11 is 0. The third kappa shape index (κ3) is 2.74. The average Bonchev–Trinajstić information content (AvgIpc) is 1.83. The molecule has 2 atom stereocenters. The summed E-state index contributed by atoms with van der Waals surface area (Å²) in [6.07, 6.45) is -1.79. The molecular weight excluding hydrogens is 163 g/mol. The molecule has 0 aromatic heterocycles. The van der Waals surface area contributed by atoms with E-state index in [0.29, 0.717) is 0 Å². The van der Waals surface area contributed by atoms with E-state index in [4.69, 9.17) is 25.1 Å². The Labute approximate surface area is 56.9 Å². The van der Waals surface area contributed by atoms with Gasteiger partial charge in [0.25, 0.3) is 0 Å². The van der Waals surface area contributed by atoms with E-state index in [-0.39, 0.29) is 0 Å². The summed E-state index contributed by atoms with van der Waals surface area (Å²) in [5.74, 6) is -2.20. The van der Waals surface area contributed by atoms with E-state index < -0.39 is 26.2 Å². The van der Waals surface area contributed by atoms with E-state index >= 15 is 0 Å². The average molecular weight is 172 g/mol. The number of rotatable bonds is 3. The Morgan fingerprint density at radius 3 is 1.80 bits per heavy atom. The molecule has 0 spiro atoms. The van der Waals surface area contributed by atoms with Crippen molar-refractivity contribution in [2.45, 2.75) is 11.9 Å². The van der Waals surface area contributed by atoms with Gasteiger partial charge in [0.15, 0.2) is 5.85 Å². The molecule has 0 heterocycles. The molecule has 5 N–H and O–H groups in total. The fraction of sp³-hybridized carbons (Fsp3) is 1.00. The summed E-state index contributed by atoms with van der Waals surface area (Å²) in [6, 6.07) is 0. The minimum atomic E-state index is -4.68. The van der Waals surface area contributed by atoms with Crippen LogP contribution < -0.4 is 0 Å². The van der Waals surface area contributed by atoms with Crippen LogP contribution in [-0.4, -0.2) is 43.7 Å². The molecule has 0 amide bonds. The molecule has 0 aromatic carbocycles. The number of aliphatic hydroxyl groups is 3. The molecule has 0 saturated carbocycles. The van der Waals surface area contributed by atoms with E-state index in [1.165, 1.54) is 0 Å². The molecule has 0 aliphatic rings. The summed E-state index contributed by atoms with van der Waals surface area (Å²) in [5.41, 5.74) is 0. The SMILES string of the molecule is O=P(O)(O)C(O)[C@@H](O)CO. The predicted molar refractivity (Wildman–Crippen MR) is 31.1 cm³/mol. The van der Waals surface area contributed by atoms with Crippen LogP contribution in [0.5, 0.6) is 0 Å². The van der Waals surface area contributed by atoms with Gasteiger partial charge in [0, 0.05) is 0 Å². The number of hydrogen-bond acceptors (Lipinski definition) is 4. The van der Waals surface area contributed by atoms with Crippen molar-refractivity contribution in [2.24, 2.45) is 0 Å². The quantitative estimate of drug-likeness (QED) is 0.309. The summed E-state index contributed by atoms with van der Waals surface area (Å²) in [6.45, 7) is -0.883. The molecule has 7 heteroatoms. The van der Waals surface area contributed by atoms with Crippen LogP contribution in [0.1, 0.15) is 0 Å². The van der Waals surface area contributed by atoms with Gasteiger partial charge in [0.1, 0.15) is 6.10 Å². The highest BCUT2D eigenvalue weighted by Gasteiger charge is 2.32. The zero-order chi connectivity index (χ0) is 8.36. The monoisotopic (exact) mass is 172 g/mol. The fourth-order valence-corrected chi connectivity index (χ4v) is 0.861. The highest BCUT2D eigenvalue weighted by Crippen LogP contribution is 2.40. The Hall–Kier alpha value is 0.0300. The van der Waals surface area contributed by atoms with E-state index in [1.807, 2.05) is 0 Å². The van der Waals surface area contributed by atoms with Crippen LogP contribution in [0.4, 0.5) is 0 Å². The zero-order valence-electron chi connectivity index (χ0n) is 4.95. The third-order valence-electron chi connectivity index (χ3n) is 0.876. The van der Waals surface area contributed by atoms with Gasteiger partial charge in [0.2, 0.25) is 0 Å². The predicted octanol–water partition coefficient (Wildman–Crippen LogP) is -2.16. The van der Waals surface area contributed by atoms with Gasteiger partial charge < -0.3 is 25.1 Å². The Balaban J connectivity index is 4.08. The first-order valence-electron chi connectivity index (χ1n) is 2.41. The van der Waals surface area contributed by atoms with Crippen LogP contribution in [-0.2, 0) is 4.57 Å². The van der Waals surface area contributed by atoms with Gasteiger partial charge in [-0.3, -0.25) is 4.57 Å². The molecule has 62 valence electrons. The van der Waals surface area contributed by atoms with Crippen molar-refractivity contribution >= 4 is 7.60 Å². The lowest BCUT2D eigenvalue weighted by atomic mass is 10.4. The highest BCUT2D eigenvalue weighted by molar-refractivity contribution is 7.52. The standard InChI is InChI=1S/C3H9O6P/c4-1-2(5)3(6)10(7,8)9/h2-6H,1H2,(H2,7,8,9)/t2-,3?/m0/s1. The van der Waals surface area contributed by atoms with Crippen LogP contribution in [0, 0.1) is 0 Å². The summed E-state index contributed by atoms with van der Waals surface area (Å²) in [7, 11) is -4.68. The summed E-state index contributed by atoms with van der Waals surface area (Å²) in [4.78, 5) is 16.4. The first kappa shape index (κ1) is 10.0. The Kier molecular flexibility index (Phi) is 3.44. The first-order valence-corrected chi connectivity index (χ1v) is 4.10. The van der Waals surface area contributed by atoms with Crippen molar-refractivity contribution < 1.29 is 29.7 Å². The number of hydrogen-bond donors (Lipinski definition) is 5. The molecule has 0 bridgehead atoms. The van der Waals surface area contributed by atoms with Crippen molar-refractivity contribution in [3.63, 3.8) is 0 Å². The van der Waals surface area contributed by atoms with Crippen LogP contribution in [0.2, 0.25) is 0 Å². The van der Waals surface area contributed by atoms with Crippen molar-refractivity contribution in [3.8, 4) is 0 Å². The van der Waals surface area contributed by atoms with Gasteiger partial charge in [-0.05, 0) is 0 Å². The van der Waals surface area contributed by atoms with Gasteiger partial charge in [-0.1, -0.05) is 0 Å². The van der Waals surface area contributed by atoms with Crippen molar-refractivity contribution in [1.82, 2.24) is 0 Å². The molecule has 1 unspecified atom stereocenters. The Morgan fingerprint density at radius 1 is 1.30 bits per heavy atom. The molecule has 0 radical (unpaired) electrons. The molecule has 0 aliphatic heterocycles. The van der Waals surface area contributed by atoms with Crippen molar-refractivity contribution in [2.75, 3.05) is 6.61 Å². The van der Waals surface area contributed by atoms with Crippen LogP contribution in [0.3, 0.4) is 0 Å². The van der Waals surface area contributed by atoms with E-state index in [0.717, 1.165) is 0 Å². The molecule has 0 fully saturated rings. The third-order valence-corrected chi connectivity index (χ3v) is 1.91. The molecule has 0 aliphatic carbocycles. The smallest absolute Gasteiger partial charge is 0.356 e. The maximum atomic E-state index is 10.1. The van der Waals surface area contributed by atoms with Gasteiger partial charge in [-0.25, -0.2) is 0 Å². The second-order valence-electron chi connectivity index (χ2n) is 1.75. The second-order valence-corrected chi connectivity index (χ2v) is 3.46. The van der Waals surface area contributed by atoms with Crippen molar-refractivity contribution in [1.29, 1.82) is 0 Å². The lowest BCUT2D eigenvalue weighted by Gasteiger charge is -2.15. The normalized spacial score (nSPS) is 18.5. The van der Waals surface area contributed by atoms with Crippen LogP contribution >= 0.6 is 7.60 Å². The van der Waals surface area contributed by atoms with Gasteiger partial charge >= 0.3 is 7.60 Å². The topological polar surface area (TPSA) is 118 Å². The van der Waals surface area contributed by atoms with Crippen LogP contribution in [0.15, 0.2) is 0 Å². The lowest BCUT2D eigenvalue weighted by Crippen LogP contribution is -2.28. The molecule has 0 rings (SSSR count). The summed E-state index contributed by atoms with van der Waals surface area (Å²) < 4.78 is 10.1. The van der Waals surface area contributed by atoms with E-state index in [2.05, 4.69) is 0 Å². The van der Waals surface area contributed by atoms with Crippen LogP contribution in [0.25, 0.3) is 0 Å². The van der Waals surface area contributed by atoms with Gasteiger partial charge in [-0.2, -0.15) is 0 Å². The largest absolute Gasteiger partial charge is 0.394 e. The maximum Gasteiger partial charge on any atom is 0.356 e. The molecule has 0 saturated heterocycles.